The highest BCUT2D eigenvalue weighted by Crippen LogP contribution is 2.19. The van der Waals surface area contributed by atoms with Crippen molar-refractivity contribution in [3.05, 3.63) is 29.8 Å². The first-order valence-electron chi connectivity index (χ1n) is 4.82. The van der Waals surface area contributed by atoms with E-state index in [1.54, 1.807) is 6.92 Å². The maximum Gasteiger partial charge on any atom is 0.182 e. The fraction of sp³-hybridized carbons (Fsp3) is 0.400. The highest BCUT2D eigenvalue weighted by molar-refractivity contribution is 7.92. The van der Waals surface area contributed by atoms with Gasteiger partial charge in [-0.15, -0.1) is 0 Å². The molecule has 0 bridgehead atoms. The molecule has 3 nitrogen and oxygen atoms in total. The van der Waals surface area contributed by atoms with E-state index >= 15 is 0 Å². The summed E-state index contributed by atoms with van der Waals surface area (Å²) in [7, 11) is -3.67. The van der Waals surface area contributed by atoms with E-state index < -0.39 is 26.7 Å². The van der Waals surface area contributed by atoms with Crippen LogP contribution < -0.4 is 5.73 Å². The Balaban J connectivity index is 3.22. The van der Waals surface area contributed by atoms with Crippen LogP contribution in [0.5, 0.6) is 0 Å². The van der Waals surface area contributed by atoms with Gasteiger partial charge in [0.15, 0.2) is 21.5 Å². The largest absolute Gasteiger partial charge is 0.329 e. The van der Waals surface area contributed by atoms with Crippen LogP contribution in [0.4, 0.5) is 8.78 Å². The molecule has 0 aliphatic carbocycles. The van der Waals surface area contributed by atoms with E-state index in [1.807, 2.05) is 0 Å². The second-order valence-corrected chi connectivity index (χ2v) is 5.61. The average molecular weight is 249 g/mol. The molecule has 0 fully saturated rings. The van der Waals surface area contributed by atoms with Gasteiger partial charge in [-0.3, -0.25) is 0 Å². The van der Waals surface area contributed by atoms with Crippen molar-refractivity contribution in [1.82, 2.24) is 0 Å². The Labute approximate surface area is 93.2 Å². The SMILES string of the molecule is CCC(CN)S(=O)(=O)c1ccc(F)c(F)c1. The van der Waals surface area contributed by atoms with Crippen molar-refractivity contribution < 1.29 is 17.2 Å². The fourth-order valence-corrected chi connectivity index (χ4v) is 2.96. The van der Waals surface area contributed by atoms with E-state index in [-0.39, 0.29) is 11.4 Å². The van der Waals surface area contributed by atoms with Gasteiger partial charge < -0.3 is 5.73 Å². The van der Waals surface area contributed by atoms with Crippen LogP contribution in [-0.4, -0.2) is 20.2 Å². The zero-order valence-electron chi connectivity index (χ0n) is 8.78. The number of sulfone groups is 1. The smallest absolute Gasteiger partial charge is 0.182 e. The predicted octanol–water partition coefficient (Wildman–Crippen LogP) is 1.48. The Kier molecular flexibility index (Phi) is 3.98. The van der Waals surface area contributed by atoms with Crippen LogP contribution >= 0.6 is 0 Å². The van der Waals surface area contributed by atoms with Gasteiger partial charge in [-0.2, -0.15) is 0 Å². The molecule has 90 valence electrons. The van der Waals surface area contributed by atoms with E-state index in [0.717, 1.165) is 12.1 Å². The Bertz CT molecular complexity index is 470. The topological polar surface area (TPSA) is 60.2 Å². The normalized spacial score (nSPS) is 13.8. The van der Waals surface area contributed by atoms with Gasteiger partial charge in [-0.05, 0) is 24.6 Å². The zero-order chi connectivity index (χ0) is 12.3. The van der Waals surface area contributed by atoms with Gasteiger partial charge in [0.2, 0.25) is 0 Å². The lowest BCUT2D eigenvalue weighted by Gasteiger charge is -2.13. The molecule has 16 heavy (non-hydrogen) atoms. The predicted molar refractivity (Wildman–Crippen MR) is 56.7 cm³/mol. The van der Waals surface area contributed by atoms with E-state index in [0.29, 0.717) is 12.5 Å². The van der Waals surface area contributed by atoms with Crippen molar-refractivity contribution in [2.24, 2.45) is 5.73 Å². The molecule has 1 aromatic carbocycles. The standard InChI is InChI=1S/C10H13F2NO2S/c1-2-7(6-13)16(14,15)8-3-4-9(11)10(12)5-8/h3-5,7H,2,6,13H2,1H3. The summed E-state index contributed by atoms with van der Waals surface area (Å²) in [6.45, 7) is 1.63. The Hall–Kier alpha value is -1.01. The van der Waals surface area contributed by atoms with Crippen molar-refractivity contribution in [1.29, 1.82) is 0 Å². The van der Waals surface area contributed by atoms with Gasteiger partial charge in [0, 0.05) is 6.54 Å². The summed E-state index contributed by atoms with van der Waals surface area (Å²) >= 11 is 0. The second kappa shape index (κ2) is 4.88. The van der Waals surface area contributed by atoms with Gasteiger partial charge in [0.25, 0.3) is 0 Å². The van der Waals surface area contributed by atoms with Crippen molar-refractivity contribution >= 4 is 9.84 Å². The van der Waals surface area contributed by atoms with Crippen LogP contribution in [0.1, 0.15) is 13.3 Å². The van der Waals surface area contributed by atoms with Crippen LogP contribution in [0.3, 0.4) is 0 Å². The number of hydrogen-bond donors (Lipinski definition) is 1. The maximum absolute atomic E-state index is 12.9. The molecule has 0 saturated carbocycles. The first-order valence-corrected chi connectivity index (χ1v) is 6.37. The highest BCUT2D eigenvalue weighted by Gasteiger charge is 2.25. The Morgan fingerprint density at radius 2 is 1.94 bits per heavy atom. The average Bonchev–Trinajstić information content (AvgIpc) is 2.23. The van der Waals surface area contributed by atoms with E-state index in [4.69, 9.17) is 5.73 Å². The van der Waals surface area contributed by atoms with Gasteiger partial charge in [0.05, 0.1) is 10.1 Å². The first-order chi connectivity index (χ1) is 7.43. The summed E-state index contributed by atoms with van der Waals surface area (Å²) in [4.78, 5) is -0.233. The molecule has 0 aliphatic rings. The summed E-state index contributed by atoms with van der Waals surface area (Å²) in [5.41, 5.74) is 5.33. The number of nitrogens with two attached hydrogens (primary N) is 1. The molecule has 0 aromatic heterocycles. The molecule has 2 N–H and O–H groups in total. The maximum atomic E-state index is 12.9. The minimum Gasteiger partial charge on any atom is -0.329 e. The van der Waals surface area contributed by atoms with Gasteiger partial charge >= 0.3 is 0 Å². The molecule has 0 amide bonds. The van der Waals surface area contributed by atoms with E-state index in [2.05, 4.69) is 0 Å². The third kappa shape index (κ3) is 2.38. The van der Waals surface area contributed by atoms with E-state index in [9.17, 15) is 17.2 Å². The molecular weight excluding hydrogens is 236 g/mol. The van der Waals surface area contributed by atoms with Crippen LogP contribution in [0.2, 0.25) is 0 Å². The minimum atomic E-state index is -3.67. The third-order valence-corrected chi connectivity index (χ3v) is 4.69. The van der Waals surface area contributed by atoms with Crippen molar-refractivity contribution in [2.45, 2.75) is 23.5 Å². The monoisotopic (exact) mass is 249 g/mol. The van der Waals surface area contributed by atoms with Crippen LogP contribution in [0.15, 0.2) is 23.1 Å². The van der Waals surface area contributed by atoms with Crippen LogP contribution in [-0.2, 0) is 9.84 Å². The highest BCUT2D eigenvalue weighted by atomic mass is 32.2. The number of rotatable bonds is 4. The summed E-state index contributed by atoms with van der Waals surface area (Å²) in [6, 6.07) is 2.53. The molecule has 0 radical (unpaired) electrons. The molecule has 0 aliphatic heterocycles. The summed E-state index contributed by atoms with van der Waals surface area (Å²) < 4.78 is 49.3. The quantitative estimate of drug-likeness (QED) is 0.822. The van der Waals surface area contributed by atoms with Crippen molar-refractivity contribution in [3.63, 3.8) is 0 Å². The molecule has 0 spiro atoms. The van der Waals surface area contributed by atoms with Crippen molar-refractivity contribution in [3.8, 4) is 0 Å². The number of hydrogen-bond acceptors (Lipinski definition) is 3. The lowest BCUT2D eigenvalue weighted by Crippen LogP contribution is -2.29. The summed E-state index contributed by atoms with van der Waals surface area (Å²) in [5.74, 6) is -2.24. The van der Waals surface area contributed by atoms with E-state index in [1.165, 1.54) is 0 Å². The molecule has 1 atom stereocenters. The summed E-state index contributed by atoms with van der Waals surface area (Å²) in [5, 5.41) is -0.766. The Morgan fingerprint density at radius 1 is 1.31 bits per heavy atom. The number of halogens is 2. The lowest BCUT2D eigenvalue weighted by molar-refractivity contribution is 0.504. The summed E-state index contributed by atoms with van der Waals surface area (Å²) in [6.07, 6.45) is 0.331. The molecule has 1 unspecified atom stereocenters. The van der Waals surface area contributed by atoms with Crippen LogP contribution in [0, 0.1) is 11.6 Å². The molecule has 0 saturated heterocycles. The molecule has 1 rings (SSSR count). The second-order valence-electron chi connectivity index (χ2n) is 3.39. The van der Waals surface area contributed by atoms with Crippen LogP contribution in [0.25, 0.3) is 0 Å². The third-order valence-electron chi connectivity index (χ3n) is 2.38. The zero-order valence-corrected chi connectivity index (χ0v) is 9.60. The Morgan fingerprint density at radius 3 is 2.38 bits per heavy atom. The van der Waals surface area contributed by atoms with Gasteiger partial charge in [-0.25, -0.2) is 17.2 Å². The van der Waals surface area contributed by atoms with Gasteiger partial charge in [-0.1, -0.05) is 6.92 Å². The minimum absolute atomic E-state index is 0.0438. The molecule has 0 heterocycles. The molecule has 1 aromatic rings. The van der Waals surface area contributed by atoms with Gasteiger partial charge in [0.1, 0.15) is 0 Å². The first kappa shape index (κ1) is 13.1. The molecule has 6 heteroatoms. The van der Waals surface area contributed by atoms with Crippen molar-refractivity contribution in [2.75, 3.05) is 6.54 Å². The number of benzene rings is 1. The lowest BCUT2D eigenvalue weighted by atomic mass is 10.3. The molecular formula is C10H13F2NO2S. The fourth-order valence-electron chi connectivity index (χ4n) is 1.36.